The van der Waals surface area contributed by atoms with E-state index in [1.54, 1.807) is 0 Å². The Bertz CT molecular complexity index is 2140. The Labute approximate surface area is 213 Å². The van der Waals surface area contributed by atoms with E-state index >= 15 is 0 Å². The summed E-state index contributed by atoms with van der Waals surface area (Å²) >= 11 is 0. The van der Waals surface area contributed by atoms with Crippen LogP contribution in [0.2, 0.25) is 0 Å². The lowest BCUT2D eigenvalue weighted by Crippen LogP contribution is -1.99. The standard InChI is InChI=1S/C34H21N3/c1-3-12-24-22(10-1)23-11-2-4-13-25(23)28-21-33-29(20-27(24)28)26-14-5-6-17-32(26)37(33)34-18-9-16-31(36-34)30-15-7-8-19-35-30/h1-21H. The Morgan fingerprint density at radius 2 is 1.00 bits per heavy atom. The minimum absolute atomic E-state index is 0.862. The maximum atomic E-state index is 5.08. The molecule has 0 aliphatic heterocycles. The summed E-state index contributed by atoms with van der Waals surface area (Å²) in [5.74, 6) is 0.888. The Morgan fingerprint density at radius 1 is 0.405 bits per heavy atom. The van der Waals surface area contributed by atoms with Crippen LogP contribution in [0.15, 0.2) is 128 Å². The second kappa shape index (κ2) is 7.74. The van der Waals surface area contributed by atoms with E-state index in [0.29, 0.717) is 0 Å². The minimum atomic E-state index is 0.862. The number of para-hydroxylation sites is 1. The van der Waals surface area contributed by atoms with Gasteiger partial charge < -0.3 is 0 Å². The van der Waals surface area contributed by atoms with Crippen LogP contribution in [0.1, 0.15) is 0 Å². The molecule has 0 atom stereocenters. The summed E-state index contributed by atoms with van der Waals surface area (Å²) in [4.78, 5) is 9.61. The maximum absolute atomic E-state index is 5.08. The molecule has 0 aliphatic rings. The maximum Gasteiger partial charge on any atom is 0.138 e. The monoisotopic (exact) mass is 471 g/mol. The molecule has 8 aromatic rings. The molecule has 3 nitrogen and oxygen atoms in total. The average molecular weight is 472 g/mol. The number of pyridine rings is 2. The van der Waals surface area contributed by atoms with E-state index in [0.717, 1.165) is 28.2 Å². The highest BCUT2D eigenvalue weighted by atomic mass is 15.1. The number of hydrogen-bond donors (Lipinski definition) is 0. The predicted octanol–water partition coefficient (Wildman–Crippen LogP) is 8.70. The van der Waals surface area contributed by atoms with Crippen LogP contribution in [0, 0.1) is 0 Å². The molecule has 5 aromatic carbocycles. The van der Waals surface area contributed by atoms with E-state index in [1.807, 2.05) is 30.5 Å². The van der Waals surface area contributed by atoms with Crippen molar-refractivity contribution in [3.8, 4) is 17.2 Å². The summed E-state index contributed by atoms with van der Waals surface area (Å²) in [6.07, 6.45) is 1.81. The SMILES string of the molecule is c1ccc(-c2cccc(-n3c4ccccc4c4cc5c6ccccc6c6ccccc6c5cc43)n2)nc1. The van der Waals surface area contributed by atoms with Gasteiger partial charge in [0, 0.05) is 17.0 Å². The van der Waals surface area contributed by atoms with Crippen molar-refractivity contribution in [1.29, 1.82) is 0 Å². The number of aromatic nitrogens is 3. The molecule has 0 aliphatic carbocycles. The topological polar surface area (TPSA) is 30.7 Å². The molecule has 0 N–H and O–H groups in total. The Morgan fingerprint density at radius 3 is 1.70 bits per heavy atom. The smallest absolute Gasteiger partial charge is 0.138 e. The second-order valence-corrected chi connectivity index (χ2v) is 9.45. The third kappa shape index (κ3) is 2.95. The van der Waals surface area contributed by atoms with Gasteiger partial charge in [0.1, 0.15) is 5.82 Å². The van der Waals surface area contributed by atoms with E-state index in [1.165, 1.54) is 43.1 Å². The molecule has 37 heavy (non-hydrogen) atoms. The average Bonchev–Trinajstić information content (AvgIpc) is 3.30. The summed E-state index contributed by atoms with van der Waals surface area (Å²) in [7, 11) is 0. The molecule has 0 saturated heterocycles. The number of nitrogens with zero attached hydrogens (tertiary/aromatic N) is 3. The first kappa shape index (κ1) is 20.2. The first-order chi connectivity index (χ1) is 18.4. The summed E-state index contributed by atoms with van der Waals surface area (Å²) < 4.78 is 2.29. The molecule has 0 radical (unpaired) electrons. The molecule has 3 aromatic heterocycles. The van der Waals surface area contributed by atoms with Crippen molar-refractivity contribution in [2.75, 3.05) is 0 Å². The zero-order valence-electron chi connectivity index (χ0n) is 20.0. The lowest BCUT2D eigenvalue weighted by molar-refractivity contribution is 1.08. The van der Waals surface area contributed by atoms with Crippen molar-refractivity contribution in [2.24, 2.45) is 0 Å². The predicted molar refractivity (Wildman–Crippen MR) is 154 cm³/mol. The van der Waals surface area contributed by atoms with E-state index in [4.69, 9.17) is 4.98 Å². The zero-order valence-corrected chi connectivity index (χ0v) is 20.0. The van der Waals surface area contributed by atoms with Gasteiger partial charge in [0.15, 0.2) is 0 Å². The minimum Gasteiger partial charge on any atom is -0.294 e. The summed E-state index contributed by atoms with van der Waals surface area (Å²) in [5.41, 5.74) is 4.03. The molecule has 0 amide bonds. The number of benzene rings is 5. The van der Waals surface area contributed by atoms with Gasteiger partial charge >= 0.3 is 0 Å². The molecule has 8 rings (SSSR count). The lowest BCUT2D eigenvalue weighted by Gasteiger charge is -2.12. The van der Waals surface area contributed by atoms with Crippen LogP contribution >= 0.6 is 0 Å². The normalized spacial score (nSPS) is 11.8. The molecule has 0 spiro atoms. The first-order valence-electron chi connectivity index (χ1n) is 12.5. The molecule has 0 bridgehead atoms. The third-order valence-electron chi connectivity index (χ3n) is 7.43. The van der Waals surface area contributed by atoms with Crippen LogP contribution in [0.4, 0.5) is 0 Å². The van der Waals surface area contributed by atoms with Crippen molar-refractivity contribution < 1.29 is 0 Å². The zero-order chi connectivity index (χ0) is 24.3. The van der Waals surface area contributed by atoms with Gasteiger partial charge in [-0.15, -0.1) is 0 Å². The van der Waals surface area contributed by atoms with Gasteiger partial charge in [-0.2, -0.15) is 0 Å². The van der Waals surface area contributed by atoms with E-state index in [-0.39, 0.29) is 0 Å². The fraction of sp³-hybridized carbons (Fsp3) is 0. The van der Waals surface area contributed by atoms with E-state index < -0.39 is 0 Å². The van der Waals surface area contributed by atoms with Crippen molar-refractivity contribution in [1.82, 2.24) is 14.5 Å². The molecular weight excluding hydrogens is 450 g/mol. The lowest BCUT2D eigenvalue weighted by atomic mass is 9.93. The number of fused-ring (bicyclic) bond motifs is 9. The largest absolute Gasteiger partial charge is 0.294 e. The third-order valence-corrected chi connectivity index (χ3v) is 7.43. The fourth-order valence-electron chi connectivity index (χ4n) is 5.82. The molecule has 0 fully saturated rings. The van der Waals surface area contributed by atoms with Crippen LogP contribution in [-0.2, 0) is 0 Å². The quantitative estimate of drug-likeness (QED) is 0.236. The van der Waals surface area contributed by atoms with Gasteiger partial charge in [-0.1, -0.05) is 78.9 Å². The number of hydrogen-bond acceptors (Lipinski definition) is 2. The van der Waals surface area contributed by atoms with Crippen LogP contribution in [0.5, 0.6) is 0 Å². The Balaban J connectivity index is 1.53. The van der Waals surface area contributed by atoms with E-state index in [9.17, 15) is 0 Å². The Kier molecular flexibility index (Phi) is 4.23. The van der Waals surface area contributed by atoms with Crippen molar-refractivity contribution >= 4 is 54.1 Å². The van der Waals surface area contributed by atoms with Crippen molar-refractivity contribution in [3.63, 3.8) is 0 Å². The van der Waals surface area contributed by atoms with Crippen molar-refractivity contribution in [3.05, 3.63) is 128 Å². The van der Waals surface area contributed by atoms with Crippen LogP contribution in [-0.4, -0.2) is 14.5 Å². The highest BCUT2D eigenvalue weighted by Gasteiger charge is 2.17. The van der Waals surface area contributed by atoms with Gasteiger partial charge in [-0.25, -0.2) is 4.98 Å². The van der Waals surface area contributed by atoms with Gasteiger partial charge in [0.25, 0.3) is 0 Å². The summed E-state index contributed by atoms with van der Waals surface area (Å²) in [6.45, 7) is 0. The van der Waals surface area contributed by atoms with Gasteiger partial charge in [-0.05, 0) is 74.8 Å². The molecule has 172 valence electrons. The van der Waals surface area contributed by atoms with Crippen LogP contribution < -0.4 is 0 Å². The van der Waals surface area contributed by atoms with Crippen LogP contribution in [0.3, 0.4) is 0 Å². The molecule has 3 heterocycles. The molecular formula is C34H21N3. The van der Waals surface area contributed by atoms with Gasteiger partial charge in [0.2, 0.25) is 0 Å². The Hall–Kier alpha value is -5.02. The van der Waals surface area contributed by atoms with Crippen molar-refractivity contribution in [2.45, 2.75) is 0 Å². The molecule has 0 saturated carbocycles. The number of rotatable bonds is 2. The highest BCUT2D eigenvalue weighted by Crippen LogP contribution is 2.40. The van der Waals surface area contributed by atoms with Crippen LogP contribution in [0.25, 0.3) is 71.3 Å². The van der Waals surface area contributed by atoms with Gasteiger partial charge in [0.05, 0.1) is 22.4 Å². The van der Waals surface area contributed by atoms with E-state index in [2.05, 4.69) is 107 Å². The van der Waals surface area contributed by atoms with Gasteiger partial charge in [-0.3, -0.25) is 9.55 Å². The molecule has 0 unspecified atom stereocenters. The highest BCUT2D eigenvalue weighted by molar-refractivity contribution is 6.28. The fourth-order valence-corrected chi connectivity index (χ4v) is 5.82. The summed E-state index contributed by atoms with van der Waals surface area (Å²) in [6, 6.07) is 42.9. The summed E-state index contributed by atoms with van der Waals surface area (Å²) in [5, 5.41) is 10.1. The first-order valence-corrected chi connectivity index (χ1v) is 12.5. The second-order valence-electron chi connectivity index (χ2n) is 9.45. The molecule has 3 heteroatoms.